The van der Waals surface area contributed by atoms with E-state index in [0.29, 0.717) is 5.56 Å². The summed E-state index contributed by atoms with van der Waals surface area (Å²) < 4.78 is 1.03. The molecule has 1 N–H and O–H groups in total. The van der Waals surface area contributed by atoms with E-state index < -0.39 is 0 Å². The quantitative estimate of drug-likeness (QED) is 0.702. The van der Waals surface area contributed by atoms with Gasteiger partial charge in [-0.2, -0.15) is 5.26 Å². The minimum Gasteiger partial charge on any atom is -0.355 e. The molecule has 0 aromatic heterocycles. The van der Waals surface area contributed by atoms with Crippen LogP contribution in [0, 0.1) is 11.3 Å². The lowest BCUT2D eigenvalue weighted by Crippen LogP contribution is -1.92. The number of fused-ring (bicyclic) bond motifs is 1. The number of hydrogen-bond donors (Lipinski definition) is 1. The lowest BCUT2D eigenvalue weighted by atomic mass is 10.0. The number of halogens is 1. The molecule has 0 spiro atoms. The van der Waals surface area contributed by atoms with Gasteiger partial charge in [0.2, 0.25) is 0 Å². The molecule has 0 aliphatic carbocycles. The summed E-state index contributed by atoms with van der Waals surface area (Å²) in [7, 11) is 0. The van der Waals surface area contributed by atoms with Crippen molar-refractivity contribution in [3.63, 3.8) is 0 Å². The smallest absolute Gasteiger partial charge is 0.0998 e. The van der Waals surface area contributed by atoms with Crippen LogP contribution in [0.25, 0.3) is 10.8 Å². The number of nitriles is 1. The molecule has 0 fully saturated rings. The first-order chi connectivity index (χ1) is 9.78. The van der Waals surface area contributed by atoms with Crippen LogP contribution in [0.2, 0.25) is 0 Å². The molecule has 0 saturated carbocycles. The zero-order valence-corrected chi connectivity index (χ0v) is 12.2. The molecule has 0 atom stereocenters. The van der Waals surface area contributed by atoms with E-state index in [1.165, 1.54) is 0 Å². The molecule has 0 radical (unpaired) electrons. The minimum absolute atomic E-state index is 0.695. The van der Waals surface area contributed by atoms with Crippen molar-refractivity contribution in [1.29, 1.82) is 5.26 Å². The maximum absolute atomic E-state index is 9.18. The Hall–Kier alpha value is -2.31. The fraction of sp³-hybridized carbons (Fsp3) is 0. The highest BCUT2D eigenvalue weighted by atomic mass is 79.9. The summed E-state index contributed by atoms with van der Waals surface area (Å²) in [5.74, 6) is 0. The third-order valence-electron chi connectivity index (χ3n) is 3.15. The van der Waals surface area contributed by atoms with Gasteiger partial charge in [-0.15, -0.1) is 0 Å². The second kappa shape index (κ2) is 5.36. The van der Waals surface area contributed by atoms with Crippen LogP contribution in [0.3, 0.4) is 0 Å². The van der Waals surface area contributed by atoms with Gasteiger partial charge in [0.15, 0.2) is 0 Å². The summed E-state index contributed by atoms with van der Waals surface area (Å²) in [6.45, 7) is 0. The first-order valence-electron chi connectivity index (χ1n) is 6.22. The van der Waals surface area contributed by atoms with Crippen molar-refractivity contribution >= 4 is 38.1 Å². The molecule has 0 aliphatic rings. The minimum atomic E-state index is 0.695. The lowest BCUT2D eigenvalue weighted by Gasteiger charge is -2.11. The van der Waals surface area contributed by atoms with Crippen LogP contribution in [0.4, 0.5) is 11.4 Å². The standard InChI is InChI=1S/C17H11BrN2/c18-13-4-3-5-14(10-13)20-17-9-8-12(11-19)15-6-1-2-7-16(15)17/h1-10,20H. The van der Waals surface area contributed by atoms with Crippen molar-refractivity contribution in [3.05, 3.63) is 70.7 Å². The number of rotatable bonds is 2. The number of benzene rings is 3. The summed E-state index contributed by atoms with van der Waals surface area (Å²) in [4.78, 5) is 0. The van der Waals surface area contributed by atoms with E-state index in [1.807, 2.05) is 60.7 Å². The molecule has 3 aromatic rings. The summed E-state index contributed by atoms with van der Waals surface area (Å²) in [5.41, 5.74) is 2.70. The fourth-order valence-electron chi connectivity index (χ4n) is 2.23. The molecule has 3 aromatic carbocycles. The van der Waals surface area contributed by atoms with Crippen molar-refractivity contribution < 1.29 is 0 Å². The predicted octanol–water partition coefficient (Wildman–Crippen LogP) is 5.22. The molecule has 3 rings (SSSR count). The SMILES string of the molecule is N#Cc1ccc(Nc2cccc(Br)c2)c2ccccc12. The van der Waals surface area contributed by atoms with Crippen LogP contribution >= 0.6 is 15.9 Å². The van der Waals surface area contributed by atoms with Gasteiger partial charge in [0.1, 0.15) is 0 Å². The van der Waals surface area contributed by atoms with Crippen LogP contribution in [0.15, 0.2) is 65.1 Å². The molecule has 0 unspecified atom stereocenters. The van der Waals surface area contributed by atoms with Crippen LogP contribution < -0.4 is 5.32 Å². The second-order valence-corrected chi connectivity index (χ2v) is 5.37. The summed E-state index contributed by atoms with van der Waals surface area (Å²) in [6, 6.07) is 22.0. The van der Waals surface area contributed by atoms with Gasteiger partial charge in [-0.3, -0.25) is 0 Å². The summed E-state index contributed by atoms with van der Waals surface area (Å²) >= 11 is 3.46. The van der Waals surface area contributed by atoms with Crippen molar-refractivity contribution in [2.24, 2.45) is 0 Å². The Bertz CT molecular complexity index is 819. The third-order valence-corrected chi connectivity index (χ3v) is 3.64. The Balaban J connectivity index is 2.11. The van der Waals surface area contributed by atoms with E-state index in [4.69, 9.17) is 0 Å². The molecule has 2 nitrogen and oxygen atoms in total. The Morgan fingerprint density at radius 1 is 0.900 bits per heavy atom. The molecular formula is C17H11BrN2. The van der Waals surface area contributed by atoms with E-state index >= 15 is 0 Å². The highest BCUT2D eigenvalue weighted by molar-refractivity contribution is 9.10. The van der Waals surface area contributed by atoms with E-state index in [1.54, 1.807) is 0 Å². The predicted molar refractivity (Wildman–Crippen MR) is 86.1 cm³/mol. The van der Waals surface area contributed by atoms with Crippen molar-refractivity contribution in [3.8, 4) is 6.07 Å². The van der Waals surface area contributed by atoms with Crippen molar-refractivity contribution in [2.45, 2.75) is 0 Å². The van der Waals surface area contributed by atoms with E-state index in [-0.39, 0.29) is 0 Å². The molecule has 0 saturated heterocycles. The van der Waals surface area contributed by atoms with Gasteiger partial charge >= 0.3 is 0 Å². The van der Waals surface area contributed by atoms with Crippen molar-refractivity contribution in [1.82, 2.24) is 0 Å². The summed E-state index contributed by atoms with van der Waals surface area (Å²) in [5, 5.41) is 14.6. The zero-order chi connectivity index (χ0) is 13.9. The van der Waals surface area contributed by atoms with Gasteiger partial charge in [-0.1, -0.05) is 46.3 Å². The van der Waals surface area contributed by atoms with Gasteiger partial charge in [0.25, 0.3) is 0 Å². The van der Waals surface area contributed by atoms with E-state index in [0.717, 1.165) is 26.6 Å². The molecule has 96 valence electrons. The highest BCUT2D eigenvalue weighted by Crippen LogP contribution is 2.29. The third kappa shape index (κ3) is 2.38. The number of nitrogens with zero attached hydrogens (tertiary/aromatic N) is 1. The lowest BCUT2D eigenvalue weighted by molar-refractivity contribution is 1.50. The molecule has 0 aliphatic heterocycles. The van der Waals surface area contributed by atoms with Gasteiger partial charge < -0.3 is 5.32 Å². The van der Waals surface area contributed by atoms with Gasteiger partial charge in [0.05, 0.1) is 11.6 Å². The monoisotopic (exact) mass is 322 g/mol. The number of hydrogen-bond acceptors (Lipinski definition) is 2. The van der Waals surface area contributed by atoms with E-state index in [9.17, 15) is 5.26 Å². The molecule has 3 heteroatoms. The Kier molecular flexibility index (Phi) is 3.41. The Labute approximate surface area is 125 Å². The molecule has 0 heterocycles. The van der Waals surface area contributed by atoms with E-state index in [2.05, 4.69) is 27.3 Å². The number of anilines is 2. The maximum Gasteiger partial charge on any atom is 0.0998 e. The average Bonchev–Trinajstić information content (AvgIpc) is 2.48. The van der Waals surface area contributed by atoms with Crippen LogP contribution in [-0.2, 0) is 0 Å². The first-order valence-corrected chi connectivity index (χ1v) is 7.01. The fourth-order valence-corrected chi connectivity index (χ4v) is 2.63. The van der Waals surface area contributed by atoms with Crippen LogP contribution in [0.1, 0.15) is 5.56 Å². The molecule has 0 bridgehead atoms. The topological polar surface area (TPSA) is 35.8 Å². The Morgan fingerprint density at radius 2 is 1.70 bits per heavy atom. The molecule has 0 amide bonds. The van der Waals surface area contributed by atoms with Gasteiger partial charge in [-0.25, -0.2) is 0 Å². The van der Waals surface area contributed by atoms with Crippen LogP contribution in [-0.4, -0.2) is 0 Å². The number of nitrogens with one attached hydrogen (secondary N) is 1. The maximum atomic E-state index is 9.18. The normalized spacial score (nSPS) is 10.2. The first kappa shape index (κ1) is 12.7. The molecule has 20 heavy (non-hydrogen) atoms. The largest absolute Gasteiger partial charge is 0.355 e. The molecular weight excluding hydrogens is 312 g/mol. The highest BCUT2D eigenvalue weighted by Gasteiger charge is 2.05. The van der Waals surface area contributed by atoms with Gasteiger partial charge in [-0.05, 0) is 30.3 Å². The van der Waals surface area contributed by atoms with Gasteiger partial charge in [0, 0.05) is 26.6 Å². The Morgan fingerprint density at radius 3 is 2.45 bits per heavy atom. The zero-order valence-electron chi connectivity index (χ0n) is 10.6. The van der Waals surface area contributed by atoms with Crippen LogP contribution in [0.5, 0.6) is 0 Å². The van der Waals surface area contributed by atoms with Crippen molar-refractivity contribution in [2.75, 3.05) is 5.32 Å². The summed E-state index contributed by atoms with van der Waals surface area (Å²) in [6.07, 6.45) is 0. The average molecular weight is 323 g/mol. The second-order valence-electron chi connectivity index (χ2n) is 4.45.